The fourth-order valence-corrected chi connectivity index (χ4v) is 5.18. The third-order valence-corrected chi connectivity index (χ3v) is 7.29. The third kappa shape index (κ3) is 6.07. The summed E-state index contributed by atoms with van der Waals surface area (Å²) in [6, 6.07) is 19.2. The molecule has 0 radical (unpaired) electrons. The Hall–Kier alpha value is -4.44. The van der Waals surface area contributed by atoms with Crippen molar-refractivity contribution in [3.05, 3.63) is 82.9 Å². The summed E-state index contributed by atoms with van der Waals surface area (Å²) in [4.78, 5) is 41.7. The first-order chi connectivity index (χ1) is 19.2. The number of fused-ring (bicyclic) bond motifs is 1. The highest BCUT2D eigenvalue weighted by molar-refractivity contribution is 7.09. The first-order valence-electron chi connectivity index (χ1n) is 13.1. The van der Waals surface area contributed by atoms with Crippen molar-refractivity contribution in [3.63, 3.8) is 0 Å². The Morgan fingerprint density at radius 1 is 1.02 bits per heavy atom. The van der Waals surface area contributed by atoms with Gasteiger partial charge in [0.1, 0.15) is 16.7 Å². The molecule has 0 bridgehead atoms. The minimum atomic E-state index is -1.07. The molecule has 10 heteroatoms. The lowest BCUT2D eigenvalue weighted by molar-refractivity contribution is -0.122. The zero-order valence-corrected chi connectivity index (χ0v) is 23.5. The molecule has 0 saturated heterocycles. The molecule has 1 aromatic heterocycles. The number of benzene rings is 3. The Balaban J connectivity index is 1.92. The van der Waals surface area contributed by atoms with Gasteiger partial charge >= 0.3 is 0 Å². The van der Waals surface area contributed by atoms with Crippen molar-refractivity contribution in [1.29, 1.82) is 0 Å². The van der Waals surface area contributed by atoms with Gasteiger partial charge in [-0.2, -0.15) is 4.37 Å². The number of amides is 3. The van der Waals surface area contributed by atoms with Crippen LogP contribution in [0.4, 0.5) is 11.4 Å². The van der Waals surface area contributed by atoms with Crippen molar-refractivity contribution in [3.8, 4) is 5.75 Å². The summed E-state index contributed by atoms with van der Waals surface area (Å²) in [5.74, 6) is -0.740. The predicted molar refractivity (Wildman–Crippen MR) is 159 cm³/mol. The number of carbonyl (C=O) groups excluding carboxylic acids is 3. The minimum absolute atomic E-state index is 0.0210. The van der Waals surface area contributed by atoms with Crippen LogP contribution in [0.3, 0.4) is 0 Å². The number of rotatable bonds is 11. The lowest BCUT2D eigenvalue weighted by atomic mass is 10.00. The molecule has 0 aliphatic heterocycles. The van der Waals surface area contributed by atoms with E-state index in [9.17, 15) is 14.4 Å². The van der Waals surface area contributed by atoms with E-state index in [1.165, 1.54) is 4.90 Å². The molecule has 3 amide bonds. The maximum atomic E-state index is 14.4. The second kappa shape index (κ2) is 12.6. The number of aromatic nitrogens is 1. The van der Waals surface area contributed by atoms with E-state index in [-0.39, 0.29) is 22.2 Å². The molecule has 5 N–H and O–H groups in total. The van der Waals surface area contributed by atoms with Gasteiger partial charge in [0.15, 0.2) is 5.69 Å². The number of nitrogens with zero attached hydrogens (tertiary/aromatic N) is 2. The highest BCUT2D eigenvalue weighted by Crippen LogP contribution is 2.37. The zero-order valence-electron chi connectivity index (χ0n) is 22.7. The summed E-state index contributed by atoms with van der Waals surface area (Å²) >= 11 is 0.777. The number of nitrogens with two attached hydrogens (primary N) is 2. The first-order valence-corrected chi connectivity index (χ1v) is 13.9. The number of primary amides is 1. The summed E-state index contributed by atoms with van der Waals surface area (Å²) in [7, 11) is 0. The van der Waals surface area contributed by atoms with Gasteiger partial charge in [-0.05, 0) is 59.9 Å². The van der Waals surface area contributed by atoms with E-state index >= 15 is 0 Å². The Labute approximate surface area is 237 Å². The molecule has 3 aromatic carbocycles. The van der Waals surface area contributed by atoms with Crippen LogP contribution in [0.2, 0.25) is 0 Å². The van der Waals surface area contributed by atoms with Crippen LogP contribution < -0.4 is 26.4 Å². The van der Waals surface area contributed by atoms with Crippen molar-refractivity contribution < 1.29 is 19.1 Å². The molecule has 4 aromatic rings. The number of nitrogen functional groups attached to an aromatic ring is 1. The fourth-order valence-electron chi connectivity index (χ4n) is 4.43. The maximum Gasteiger partial charge on any atom is 0.273 e. The SMILES string of the molecule is CCOc1ccc([C@H](C(=O)NCCC(C)C)N(C(=O)c2snc(C(N)=O)c2N)c2cccc3ccccc23)cc1. The van der Waals surface area contributed by atoms with E-state index in [1.54, 1.807) is 30.3 Å². The summed E-state index contributed by atoms with van der Waals surface area (Å²) in [6.07, 6.45) is 0.772. The lowest BCUT2D eigenvalue weighted by Crippen LogP contribution is -2.44. The summed E-state index contributed by atoms with van der Waals surface area (Å²) in [5.41, 5.74) is 12.4. The standard InChI is InChI=1S/C30H33N5O4S/c1-4-39-21-14-12-20(13-15-21)26(29(37)33-17-16-18(2)3)35(23-11-7-9-19-8-5-6-10-22(19)23)30(38)27-24(31)25(28(32)36)34-40-27/h5-15,18,26H,4,16-17,31H2,1-3H3,(H2,32,36)(H,33,37)/t26-/m1/s1. The van der Waals surface area contributed by atoms with E-state index < -0.39 is 17.9 Å². The molecule has 0 aliphatic carbocycles. The largest absolute Gasteiger partial charge is 0.494 e. The summed E-state index contributed by atoms with van der Waals surface area (Å²) < 4.78 is 9.64. The van der Waals surface area contributed by atoms with Gasteiger partial charge in [-0.3, -0.25) is 19.3 Å². The highest BCUT2D eigenvalue weighted by Gasteiger charge is 2.36. The van der Waals surface area contributed by atoms with Gasteiger partial charge in [0.2, 0.25) is 5.91 Å². The van der Waals surface area contributed by atoms with Crippen LogP contribution in [0.25, 0.3) is 10.8 Å². The Bertz CT molecular complexity index is 1510. The van der Waals surface area contributed by atoms with Crippen molar-refractivity contribution in [1.82, 2.24) is 9.69 Å². The zero-order chi connectivity index (χ0) is 28.8. The molecule has 208 valence electrons. The Morgan fingerprint density at radius 2 is 1.73 bits per heavy atom. The topological polar surface area (TPSA) is 141 Å². The monoisotopic (exact) mass is 559 g/mol. The Kier molecular flexibility index (Phi) is 9.00. The summed E-state index contributed by atoms with van der Waals surface area (Å²) in [6.45, 7) is 6.97. The van der Waals surface area contributed by atoms with Crippen LogP contribution in [-0.2, 0) is 4.79 Å². The summed E-state index contributed by atoms with van der Waals surface area (Å²) in [5, 5.41) is 4.67. The molecule has 0 saturated carbocycles. The van der Waals surface area contributed by atoms with Crippen molar-refractivity contribution in [2.75, 3.05) is 23.8 Å². The molecule has 0 unspecified atom stereocenters. The molecular formula is C30H33N5O4S. The average Bonchev–Trinajstić information content (AvgIpc) is 3.33. The normalized spacial score (nSPS) is 11.8. The highest BCUT2D eigenvalue weighted by atomic mass is 32.1. The van der Waals surface area contributed by atoms with Crippen molar-refractivity contribution in [2.45, 2.75) is 33.2 Å². The molecule has 0 spiro atoms. The number of ether oxygens (including phenoxy) is 1. The van der Waals surface area contributed by atoms with Gasteiger partial charge in [0, 0.05) is 11.9 Å². The quantitative estimate of drug-likeness (QED) is 0.238. The lowest BCUT2D eigenvalue weighted by Gasteiger charge is -2.32. The second-order valence-electron chi connectivity index (χ2n) is 9.69. The maximum absolute atomic E-state index is 14.4. The van der Waals surface area contributed by atoms with Crippen LogP contribution in [0.5, 0.6) is 5.75 Å². The third-order valence-electron chi connectivity index (χ3n) is 6.43. The average molecular weight is 560 g/mol. The van der Waals surface area contributed by atoms with E-state index in [4.69, 9.17) is 16.2 Å². The molecule has 4 rings (SSSR count). The number of carbonyl (C=O) groups is 3. The number of hydrogen-bond acceptors (Lipinski definition) is 7. The van der Waals surface area contributed by atoms with Gasteiger partial charge in [-0.25, -0.2) is 0 Å². The van der Waals surface area contributed by atoms with E-state index in [2.05, 4.69) is 23.5 Å². The minimum Gasteiger partial charge on any atom is -0.494 e. The van der Waals surface area contributed by atoms with E-state index in [0.29, 0.717) is 36.1 Å². The van der Waals surface area contributed by atoms with Crippen molar-refractivity contribution >= 4 is 51.4 Å². The Morgan fingerprint density at radius 3 is 2.38 bits per heavy atom. The molecule has 1 atom stereocenters. The predicted octanol–water partition coefficient (Wildman–Crippen LogP) is 4.93. The van der Waals surface area contributed by atoms with Gasteiger partial charge in [-0.15, -0.1) is 0 Å². The number of nitrogens with one attached hydrogen (secondary N) is 1. The van der Waals surface area contributed by atoms with Crippen LogP contribution >= 0.6 is 11.5 Å². The number of anilines is 2. The van der Waals surface area contributed by atoms with E-state index in [0.717, 1.165) is 28.7 Å². The van der Waals surface area contributed by atoms with Crippen LogP contribution in [0.1, 0.15) is 59.0 Å². The fraction of sp³-hybridized carbons (Fsp3) is 0.267. The number of hydrogen-bond donors (Lipinski definition) is 3. The second-order valence-corrected chi connectivity index (χ2v) is 10.5. The van der Waals surface area contributed by atoms with E-state index in [1.807, 2.05) is 43.3 Å². The molecule has 0 aliphatic rings. The van der Waals surface area contributed by atoms with Crippen LogP contribution in [0, 0.1) is 5.92 Å². The van der Waals surface area contributed by atoms with Crippen LogP contribution in [0.15, 0.2) is 66.7 Å². The molecule has 9 nitrogen and oxygen atoms in total. The molecular weight excluding hydrogens is 526 g/mol. The van der Waals surface area contributed by atoms with Gasteiger partial charge in [0.25, 0.3) is 11.8 Å². The molecule has 1 heterocycles. The first kappa shape index (κ1) is 28.6. The molecule has 40 heavy (non-hydrogen) atoms. The van der Waals surface area contributed by atoms with Gasteiger partial charge in [-0.1, -0.05) is 62.4 Å². The van der Waals surface area contributed by atoms with Crippen molar-refractivity contribution in [2.24, 2.45) is 11.7 Å². The molecule has 0 fully saturated rings. The van der Waals surface area contributed by atoms with Gasteiger partial charge < -0.3 is 21.5 Å². The van der Waals surface area contributed by atoms with Gasteiger partial charge in [0.05, 0.1) is 18.0 Å². The smallest absolute Gasteiger partial charge is 0.273 e. The van der Waals surface area contributed by atoms with Crippen LogP contribution in [-0.4, -0.2) is 35.2 Å².